The van der Waals surface area contributed by atoms with E-state index < -0.39 is 52.3 Å². The van der Waals surface area contributed by atoms with Crippen LogP contribution in [0.4, 0.5) is 0 Å². The molecule has 0 saturated heterocycles. The number of ether oxygens (including phenoxy) is 3. The van der Waals surface area contributed by atoms with Crippen molar-refractivity contribution in [3.05, 3.63) is 26.3 Å². The minimum Gasteiger partial charge on any atom is -0.379 e. The predicted octanol–water partition coefficient (Wildman–Crippen LogP) is 18.3. The van der Waals surface area contributed by atoms with Gasteiger partial charge in [0, 0.05) is 93.1 Å². The van der Waals surface area contributed by atoms with E-state index >= 15 is 0 Å². The van der Waals surface area contributed by atoms with E-state index in [0.717, 1.165) is 45.1 Å². The van der Waals surface area contributed by atoms with Gasteiger partial charge in [0.05, 0.1) is 85.9 Å². The van der Waals surface area contributed by atoms with Gasteiger partial charge in [0.1, 0.15) is 25.5 Å². The van der Waals surface area contributed by atoms with Crippen LogP contribution in [0.2, 0.25) is 0 Å². The Labute approximate surface area is 563 Å². The van der Waals surface area contributed by atoms with Crippen molar-refractivity contribution in [2.75, 3.05) is 179 Å². The van der Waals surface area contributed by atoms with Crippen LogP contribution in [0.3, 0.4) is 0 Å². The molecular formula is C61H139O24P7. The van der Waals surface area contributed by atoms with Gasteiger partial charge in [-0.25, -0.2) is 14.2 Å². The molecule has 3 unspecified atom stereocenters. The molecule has 0 bridgehead atoms. The van der Waals surface area contributed by atoms with Crippen LogP contribution in [0.15, 0.2) is 26.3 Å². The van der Waals surface area contributed by atoms with Crippen LogP contribution in [0.5, 0.6) is 0 Å². The Morgan fingerprint density at radius 3 is 0.793 bits per heavy atom. The number of phosphoric ester groups is 1. The molecule has 0 aliphatic carbocycles. The zero-order valence-electron chi connectivity index (χ0n) is 62.1. The van der Waals surface area contributed by atoms with E-state index in [4.69, 9.17) is 78.6 Å². The van der Waals surface area contributed by atoms with Crippen molar-refractivity contribution >= 4 is 77.7 Å². The highest BCUT2D eigenvalue weighted by atomic mass is 31.2. The summed E-state index contributed by atoms with van der Waals surface area (Å²) in [7, 11) is -17.2. The second-order valence-electron chi connectivity index (χ2n) is 19.9. The van der Waals surface area contributed by atoms with Gasteiger partial charge in [-0.05, 0) is 92.2 Å². The third kappa shape index (κ3) is 149. The topological polar surface area (TPSA) is 308 Å². The summed E-state index contributed by atoms with van der Waals surface area (Å²) in [6, 6.07) is 0. The van der Waals surface area contributed by atoms with Crippen LogP contribution >= 0.6 is 52.3 Å². The molecule has 0 aliphatic rings. The van der Waals surface area contributed by atoms with Gasteiger partial charge < -0.3 is 55.5 Å². The lowest BCUT2D eigenvalue weighted by Crippen LogP contribution is -2.14. The highest BCUT2D eigenvalue weighted by Crippen LogP contribution is 2.49. The number of phosphoric acid groups is 1. The van der Waals surface area contributed by atoms with Crippen LogP contribution in [0.1, 0.15) is 160 Å². The first-order chi connectivity index (χ1) is 42.8. The van der Waals surface area contributed by atoms with E-state index in [1.165, 1.54) is 57.1 Å². The highest BCUT2D eigenvalue weighted by Gasteiger charge is 2.26. The fourth-order valence-electron chi connectivity index (χ4n) is 5.54. The van der Waals surface area contributed by atoms with Gasteiger partial charge in [-0.3, -0.25) is 41.0 Å². The molecule has 0 aromatic rings. The average Bonchev–Trinajstić information content (AvgIpc) is 3.22. The van der Waals surface area contributed by atoms with E-state index in [-0.39, 0.29) is 19.8 Å². The van der Waals surface area contributed by atoms with Crippen LogP contribution < -0.4 is 0 Å². The summed E-state index contributed by atoms with van der Waals surface area (Å²) in [5, 5.41) is 0. The second-order valence-corrected chi connectivity index (χ2v) is 37.4. The van der Waals surface area contributed by atoms with Gasteiger partial charge in [-0.1, -0.05) is 92.9 Å². The molecule has 24 nitrogen and oxygen atoms in total. The fourth-order valence-corrected chi connectivity index (χ4v) is 10.7. The Balaban J connectivity index is -0.0000000855. The number of hydrogen-bond donors (Lipinski definition) is 0. The van der Waals surface area contributed by atoms with E-state index in [1.54, 1.807) is 80.5 Å². The summed E-state index contributed by atoms with van der Waals surface area (Å²) in [5.74, 6) is 3.65. The summed E-state index contributed by atoms with van der Waals surface area (Å²) < 4.78 is 144. The predicted molar refractivity (Wildman–Crippen MR) is 389 cm³/mol. The molecule has 31 heteroatoms. The third-order valence-corrected chi connectivity index (χ3v) is 16.5. The van der Waals surface area contributed by atoms with Crippen molar-refractivity contribution in [3.8, 4) is 0 Å². The van der Waals surface area contributed by atoms with Crippen molar-refractivity contribution in [2.45, 2.75) is 160 Å². The van der Waals surface area contributed by atoms with Gasteiger partial charge in [0.2, 0.25) is 0 Å². The van der Waals surface area contributed by atoms with E-state index in [1.807, 2.05) is 41.3 Å². The SMILES string of the molecule is C=C.C=C=O.C=C=O.C=O.C=O.CCCCC(CC)COCCOP(=O)(OCC)OCCOCC(CC)CCCC.CCCCOCCOP(C)(=O)OCC.CCCCOP(C)(C)=O.CCOP(C)(C)=O.CCOP(C)(C)=O.CCOP(C)(C)=O.CCOP(C)(C)=O. The molecule has 0 amide bonds. The number of hydrogen-bond acceptors (Lipinski definition) is 24. The Bertz CT molecular complexity index is 1730. The van der Waals surface area contributed by atoms with Gasteiger partial charge >= 0.3 is 15.4 Å². The van der Waals surface area contributed by atoms with Crippen LogP contribution in [-0.4, -0.2) is 204 Å². The largest absolute Gasteiger partial charge is 0.474 e. The Kier molecular flexibility index (Phi) is 113. The van der Waals surface area contributed by atoms with Gasteiger partial charge in [0.25, 0.3) is 0 Å². The average molecular weight is 1470 g/mol. The first-order valence-corrected chi connectivity index (χ1v) is 47.3. The monoisotopic (exact) mass is 1470 g/mol. The second kappa shape index (κ2) is 88.1. The molecule has 0 aromatic heterocycles. The molecule has 0 aliphatic heterocycles. The Morgan fingerprint density at radius 2 is 0.565 bits per heavy atom. The molecule has 92 heavy (non-hydrogen) atoms. The molecule has 0 radical (unpaired) electrons. The maximum atomic E-state index is 12.6. The molecule has 3 atom stereocenters. The van der Waals surface area contributed by atoms with Crippen molar-refractivity contribution in [2.24, 2.45) is 11.8 Å². The van der Waals surface area contributed by atoms with Gasteiger partial charge in [-0.15, -0.1) is 13.2 Å². The molecule has 0 aromatic carbocycles. The molecule has 0 fully saturated rings. The number of carbonyl (C=O) groups is 2. The maximum absolute atomic E-state index is 12.6. The normalized spacial score (nSPS) is 12.4. The maximum Gasteiger partial charge on any atom is 0.474 e. The first-order valence-electron chi connectivity index (χ1n) is 31.3. The van der Waals surface area contributed by atoms with Crippen LogP contribution in [0.25, 0.3) is 0 Å². The fraction of sp³-hybridized carbons (Fsp3) is 0.869. The van der Waals surface area contributed by atoms with E-state index in [0.29, 0.717) is 91.1 Å². The lowest BCUT2D eigenvalue weighted by molar-refractivity contribution is -0.0987. The molecule has 0 spiro atoms. The minimum atomic E-state index is -3.56. The lowest BCUT2D eigenvalue weighted by Gasteiger charge is -2.19. The molecule has 0 saturated carbocycles. The quantitative estimate of drug-likeness (QED) is 0.0237. The van der Waals surface area contributed by atoms with Crippen molar-refractivity contribution in [1.82, 2.24) is 0 Å². The summed E-state index contributed by atoms with van der Waals surface area (Å²) in [5.41, 5.74) is 0. The third-order valence-electron chi connectivity index (χ3n) is 9.25. The summed E-state index contributed by atoms with van der Waals surface area (Å²) >= 11 is 0. The standard InChI is InChI=1S/C22H47O6P.C9H21O4P.C6H15O2P.4C4H11O2P.2C2H2O.C2H4.2CH2O/c1-6-11-13-21(8-3)19-24-15-17-27-29(23,26-10-5)28-18-16-25-20-22(9-4)14-12-7-2;1-4-6-7-11-8-9-13-14(3,10)12-5-2;1-4-5-6-8-9(2,3)7;4*1-4-6-7(2,3)5;2*1-2-3;3*1-2/h21-22H,6-20H2,1-5H3;4-9H2,1-3H3;4-6H2,1-3H3;4*4H2,1-3H3;2*1H2;1-2H2;2*1H2. The smallest absolute Gasteiger partial charge is 0.379 e. The van der Waals surface area contributed by atoms with Crippen molar-refractivity contribution in [1.29, 1.82) is 0 Å². The van der Waals surface area contributed by atoms with E-state index in [9.17, 15) is 32.0 Å². The van der Waals surface area contributed by atoms with Crippen molar-refractivity contribution in [3.63, 3.8) is 0 Å². The minimum absolute atomic E-state index is 0.192. The number of carbonyl (C=O) groups excluding carboxylic acids is 4. The van der Waals surface area contributed by atoms with Crippen LogP contribution in [-0.2, 0) is 111 Å². The Hall–Kier alpha value is -0.930. The number of unbranched alkanes of at least 4 members (excludes halogenated alkanes) is 4. The Morgan fingerprint density at radius 1 is 0.315 bits per heavy atom. The number of rotatable bonds is 43. The van der Waals surface area contributed by atoms with E-state index in [2.05, 4.69) is 67.9 Å². The van der Waals surface area contributed by atoms with Gasteiger partial charge in [-0.2, -0.15) is 0 Å². The summed E-state index contributed by atoms with van der Waals surface area (Å²) in [4.78, 5) is 33.1. The molecule has 0 heterocycles. The van der Waals surface area contributed by atoms with Crippen molar-refractivity contribution < 1.29 is 111 Å². The lowest BCUT2D eigenvalue weighted by atomic mass is 10.0. The van der Waals surface area contributed by atoms with Crippen LogP contribution in [0, 0.1) is 11.8 Å². The zero-order chi connectivity index (χ0) is 75.1. The molecule has 562 valence electrons. The highest BCUT2D eigenvalue weighted by molar-refractivity contribution is 7.58. The molecular weight excluding hydrogens is 1330 g/mol. The summed E-state index contributed by atoms with van der Waals surface area (Å²) in [6.45, 7) is 64.5. The van der Waals surface area contributed by atoms with Gasteiger partial charge in [0.15, 0.2) is 36.8 Å². The zero-order valence-corrected chi connectivity index (χ0v) is 68.4. The molecule has 0 rings (SSSR count). The molecule has 0 N–H and O–H groups in total. The first kappa shape index (κ1) is 118. The summed E-state index contributed by atoms with van der Waals surface area (Å²) in [6.07, 6.45) is 13.7.